The van der Waals surface area contributed by atoms with Gasteiger partial charge in [-0.05, 0) is 19.1 Å². The van der Waals surface area contributed by atoms with Crippen LogP contribution in [0.5, 0.6) is 0 Å². The van der Waals surface area contributed by atoms with E-state index in [4.69, 9.17) is 5.11 Å². The molecule has 0 spiro atoms. The number of carboxylic acid groups (broad SMARTS) is 1. The second kappa shape index (κ2) is 5.99. The van der Waals surface area contributed by atoms with Crippen LogP contribution in [0, 0.1) is 0 Å². The van der Waals surface area contributed by atoms with E-state index < -0.39 is 16.0 Å². The van der Waals surface area contributed by atoms with Gasteiger partial charge in [0.05, 0.1) is 10.5 Å². The van der Waals surface area contributed by atoms with Crippen molar-refractivity contribution in [3.05, 3.63) is 42.0 Å². The number of sulfonamides is 1. The van der Waals surface area contributed by atoms with E-state index in [1.54, 1.807) is 13.8 Å². The first kappa shape index (κ1) is 15.4. The molecule has 0 saturated carbocycles. The summed E-state index contributed by atoms with van der Waals surface area (Å²) in [6, 6.07) is 5.59. The lowest BCUT2D eigenvalue weighted by atomic mass is 10.2. The van der Waals surface area contributed by atoms with E-state index in [1.807, 2.05) is 0 Å². The highest BCUT2D eigenvalue weighted by Crippen LogP contribution is 2.20. The predicted octanol–water partition coefficient (Wildman–Crippen LogP) is 1.97. The largest absolute Gasteiger partial charge is 0.478 e. The molecule has 0 radical (unpaired) electrons. The molecule has 1 aromatic carbocycles. The lowest BCUT2D eigenvalue weighted by Gasteiger charge is -2.21. The van der Waals surface area contributed by atoms with Crippen LogP contribution in [0.4, 0.5) is 0 Å². The Bertz CT molecular complexity index is 592. The molecule has 0 unspecified atom stereocenters. The Morgan fingerprint density at radius 1 is 1.37 bits per heavy atom. The maximum absolute atomic E-state index is 12.4. The molecule has 1 aromatic rings. The minimum absolute atomic E-state index is 0.173. The Balaban J connectivity index is 3.34. The first-order valence-electron chi connectivity index (χ1n) is 5.77. The zero-order valence-corrected chi connectivity index (χ0v) is 11.8. The minimum atomic E-state index is -3.83. The van der Waals surface area contributed by atoms with Gasteiger partial charge in [0.25, 0.3) is 0 Å². The molecule has 6 heteroatoms. The normalized spacial score (nSPS) is 11.5. The van der Waals surface area contributed by atoms with Gasteiger partial charge in [-0.3, -0.25) is 0 Å². The summed E-state index contributed by atoms with van der Waals surface area (Å²) in [5, 5.41) is 9.06. The van der Waals surface area contributed by atoms with Crippen LogP contribution in [0.15, 0.2) is 41.3 Å². The summed E-state index contributed by atoms with van der Waals surface area (Å²) in [6.45, 7) is 7.53. The number of hydrogen-bond donors (Lipinski definition) is 1. The van der Waals surface area contributed by atoms with E-state index in [9.17, 15) is 13.2 Å². The monoisotopic (exact) mass is 283 g/mol. The fourth-order valence-electron chi connectivity index (χ4n) is 1.68. The Labute approximate surface area is 113 Å². The van der Waals surface area contributed by atoms with E-state index in [0.717, 1.165) is 0 Å². The Morgan fingerprint density at radius 2 is 1.95 bits per heavy atom. The van der Waals surface area contributed by atoms with Crippen LogP contribution in [0.1, 0.15) is 24.2 Å². The highest BCUT2D eigenvalue weighted by molar-refractivity contribution is 7.89. The van der Waals surface area contributed by atoms with Crippen LogP contribution in [-0.2, 0) is 10.0 Å². The summed E-state index contributed by atoms with van der Waals surface area (Å²) in [4.78, 5) is 10.9. The maximum atomic E-state index is 12.4. The lowest BCUT2D eigenvalue weighted by Crippen LogP contribution is -2.33. The molecule has 0 amide bonds. The standard InChI is InChI=1S/C13H17NO4S/c1-4-14(9-10(2)3)19(17,18)12-8-6-5-7-11(12)13(15)16/h5-8H,2,4,9H2,1,3H3,(H,15,16). The van der Waals surface area contributed by atoms with Gasteiger partial charge in [0.15, 0.2) is 0 Å². The van der Waals surface area contributed by atoms with Crippen molar-refractivity contribution in [2.45, 2.75) is 18.7 Å². The van der Waals surface area contributed by atoms with Gasteiger partial charge in [0, 0.05) is 13.1 Å². The van der Waals surface area contributed by atoms with Gasteiger partial charge in [0.2, 0.25) is 10.0 Å². The number of benzene rings is 1. The minimum Gasteiger partial charge on any atom is -0.478 e. The number of rotatable bonds is 6. The molecule has 0 bridgehead atoms. The predicted molar refractivity (Wildman–Crippen MR) is 72.6 cm³/mol. The molecular weight excluding hydrogens is 266 g/mol. The smallest absolute Gasteiger partial charge is 0.337 e. The topological polar surface area (TPSA) is 74.7 Å². The van der Waals surface area contributed by atoms with Crippen LogP contribution in [-0.4, -0.2) is 36.9 Å². The number of hydrogen-bond acceptors (Lipinski definition) is 3. The van der Waals surface area contributed by atoms with Crippen molar-refractivity contribution in [2.24, 2.45) is 0 Å². The highest BCUT2D eigenvalue weighted by Gasteiger charge is 2.27. The number of aromatic carboxylic acids is 1. The molecule has 0 heterocycles. The van der Waals surface area contributed by atoms with Gasteiger partial charge in [-0.2, -0.15) is 4.31 Å². The van der Waals surface area contributed by atoms with E-state index in [0.29, 0.717) is 5.57 Å². The average Bonchev–Trinajstić information content (AvgIpc) is 2.35. The van der Waals surface area contributed by atoms with Crippen molar-refractivity contribution in [3.63, 3.8) is 0 Å². The van der Waals surface area contributed by atoms with E-state index >= 15 is 0 Å². The molecule has 5 nitrogen and oxygen atoms in total. The van der Waals surface area contributed by atoms with Crippen LogP contribution < -0.4 is 0 Å². The maximum Gasteiger partial charge on any atom is 0.337 e. The molecule has 104 valence electrons. The lowest BCUT2D eigenvalue weighted by molar-refractivity contribution is 0.0692. The van der Waals surface area contributed by atoms with E-state index in [-0.39, 0.29) is 23.5 Å². The van der Waals surface area contributed by atoms with Crippen molar-refractivity contribution >= 4 is 16.0 Å². The summed E-state index contributed by atoms with van der Waals surface area (Å²) in [7, 11) is -3.83. The Hall–Kier alpha value is -1.66. The third-order valence-electron chi connectivity index (χ3n) is 2.53. The van der Waals surface area contributed by atoms with Crippen molar-refractivity contribution in [2.75, 3.05) is 13.1 Å². The van der Waals surface area contributed by atoms with Crippen molar-refractivity contribution < 1.29 is 18.3 Å². The summed E-state index contributed by atoms with van der Waals surface area (Å²) in [5.41, 5.74) is 0.473. The third kappa shape index (κ3) is 3.42. The zero-order valence-electron chi connectivity index (χ0n) is 11.0. The van der Waals surface area contributed by atoms with E-state index in [2.05, 4.69) is 6.58 Å². The van der Waals surface area contributed by atoms with Gasteiger partial charge in [-0.25, -0.2) is 13.2 Å². The molecule has 0 aliphatic rings. The van der Waals surface area contributed by atoms with E-state index in [1.165, 1.54) is 28.6 Å². The van der Waals surface area contributed by atoms with Crippen LogP contribution in [0.3, 0.4) is 0 Å². The quantitative estimate of drug-likeness (QED) is 0.810. The van der Waals surface area contributed by atoms with Crippen LogP contribution >= 0.6 is 0 Å². The summed E-state index contributed by atoms with van der Waals surface area (Å²) >= 11 is 0. The molecule has 19 heavy (non-hydrogen) atoms. The van der Waals surface area contributed by atoms with Gasteiger partial charge in [0.1, 0.15) is 0 Å². The Kier molecular flexibility index (Phi) is 4.85. The molecule has 0 saturated heterocycles. The second-order valence-electron chi connectivity index (χ2n) is 4.19. The fraction of sp³-hybridized carbons (Fsp3) is 0.308. The molecular formula is C13H17NO4S. The number of carboxylic acids is 1. The van der Waals surface area contributed by atoms with Crippen LogP contribution in [0.2, 0.25) is 0 Å². The van der Waals surface area contributed by atoms with Crippen molar-refractivity contribution in [1.82, 2.24) is 4.31 Å². The zero-order chi connectivity index (χ0) is 14.6. The highest BCUT2D eigenvalue weighted by atomic mass is 32.2. The SMILES string of the molecule is C=C(C)CN(CC)S(=O)(=O)c1ccccc1C(=O)O. The molecule has 0 aromatic heterocycles. The van der Waals surface area contributed by atoms with Crippen molar-refractivity contribution in [3.8, 4) is 0 Å². The molecule has 0 fully saturated rings. The number of carbonyl (C=O) groups is 1. The van der Waals surface area contributed by atoms with Gasteiger partial charge < -0.3 is 5.11 Å². The van der Waals surface area contributed by atoms with Crippen LogP contribution in [0.25, 0.3) is 0 Å². The van der Waals surface area contributed by atoms with Gasteiger partial charge >= 0.3 is 5.97 Å². The molecule has 1 N–H and O–H groups in total. The molecule has 1 rings (SSSR count). The molecule has 0 atom stereocenters. The second-order valence-corrected chi connectivity index (χ2v) is 6.10. The number of nitrogens with zero attached hydrogens (tertiary/aromatic N) is 1. The van der Waals surface area contributed by atoms with Gasteiger partial charge in [-0.1, -0.05) is 31.2 Å². The summed E-state index contributed by atoms with van der Waals surface area (Å²) in [6.07, 6.45) is 0. The third-order valence-corrected chi connectivity index (χ3v) is 4.51. The molecule has 0 aliphatic heterocycles. The number of likely N-dealkylation sites (N-methyl/N-ethyl adjacent to an activating group) is 1. The average molecular weight is 283 g/mol. The van der Waals surface area contributed by atoms with Crippen molar-refractivity contribution in [1.29, 1.82) is 0 Å². The fourth-order valence-corrected chi connectivity index (χ4v) is 3.37. The Morgan fingerprint density at radius 3 is 2.42 bits per heavy atom. The summed E-state index contributed by atoms with van der Waals surface area (Å²) in [5.74, 6) is -1.26. The first-order valence-corrected chi connectivity index (χ1v) is 7.21. The molecule has 0 aliphatic carbocycles. The summed E-state index contributed by atoms with van der Waals surface area (Å²) < 4.78 is 26.1. The van der Waals surface area contributed by atoms with Gasteiger partial charge in [-0.15, -0.1) is 0 Å². The first-order chi connectivity index (χ1) is 8.80.